The van der Waals surface area contributed by atoms with Gasteiger partial charge in [0.1, 0.15) is 5.75 Å². The predicted molar refractivity (Wildman–Crippen MR) is 97.3 cm³/mol. The Morgan fingerprint density at radius 2 is 1.65 bits per heavy atom. The van der Waals surface area contributed by atoms with Gasteiger partial charge in [0.25, 0.3) is 0 Å². The smallest absolute Gasteiger partial charge is 0.444 e. The van der Waals surface area contributed by atoms with Crippen LogP contribution in [0.5, 0.6) is 5.75 Å². The fourth-order valence-electron chi connectivity index (χ4n) is 2.24. The van der Waals surface area contributed by atoms with Crippen LogP contribution in [0.15, 0.2) is 59.5 Å². The Balaban J connectivity index is 2.63. The fraction of sp³-hybridized carbons (Fsp3) is 0.278. The molecule has 2 aromatic rings. The maximum absolute atomic E-state index is 13.4. The Hall–Kier alpha value is -1.80. The molecule has 0 aliphatic carbocycles. The number of hydrogen-bond donors (Lipinski definition) is 0. The summed E-state index contributed by atoms with van der Waals surface area (Å²) in [6.45, 7) is 1.53. The predicted octanol–water partition coefficient (Wildman–Crippen LogP) is 5.46. The summed E-state index contributed by atoms with van der Waals surface area (Å²) >= 11 is 0.356. The van der Waals surface area contributed by atoms with Crippen LogP contribution in [0.4, 0.5) is 13.2 Å². The molecule has 0 aromatic heterocycles. The first-order valence-corrected chi connectivity index (χ1v) is 9.27. The highest BCUT2D eigenvalue weighted by Crippen LogP contribution is 2.57. The van der Waals surface area contributed by atoms with Crippen molar-refractivity contribution in [1.29, 1.82) is 0 Å². The zero-order chi connectivity index (χ0) is 19.2. The Labute approximate surface area is 158 Å². The summed E-state index contributed by atoms with van der Waals surface area (Å²) in [5, 5.41) is 0. The zero-order valence-electron chi connectivity index (χ0n) is 14.1. The molecule has 0 heterocycles. The van der Waals surface area contributed by atoms with Gasteiger partial charge in [0.15, 0.2) is 4.08 Å². The molecule has 2 aromatic carbocycles. The van der Waals surface area contributed by atoms with Crippen molar-refractivity contribution in [3.05, 3.63) is 60.2 Å². The van der Waals surface area contributed by atoms with Crippen LogP contribution >= 0.6 is 23.5 Å². The molecule has 0 fully saturated rings. The number of halogens is 3. The minimum Gasteiger partial charge on any atom is -0.496 e. The molecule has 3 nitrogen and oxygen atoms in total. The number of carbonyl (C=O) groups is 1. The maximum atomic E-state index is 13.4. The van der Waals surface area contributed by atoms with Crippen LogP contribution < -0.4 is 4.74 Å². The fourth-order valence-corrected chi connectivity index (χ4v) is 4.79. The van der Waals surface area contributed by atoms with Crippen molar-refractivity contribution in [2.45, 2.75) is 21.4 Å². The zero-order valence-corrected chi connectivity index (χ0v) is 15.7. The molecule has 0 aliphatic heterocycles. The van der Waals surface area contributed by atoms with Crippen molar-refractivity contribution in [2.24, 2.45) is 0 Å². The Kier molecular flexibility index (Phi) is 6.88. The van der Waals surface area contributed by atoms with Gasteiger partial charge in [-0.1, -0.05) is 54.2 Å². The summed E-state index contributed by atoms with van der Waals surface area (Å²) in [7, 11) is 1.42. The second-order valence-electron chi connectivity index (χ2n) is 5.00. The number of ether oxygens (including phenoxy) is 2. The van der Waals surface area contributed by atoms with Crippen molar-refractivity contribution in [1.82, 2.24) is 0 Å². The Bertz CT molecular complexity index is 738. The minimum absolute atomic E-state index is 0.0294. The van der Waals surface area contributed by atoms with E-state index in [0.717, 1.165) is 11.8 Å². The van der Waals surface area contributed by atoms with Gasteiger partial charge < -0.3 is 9.47 Å². The van der Waals surface area contributed by atoms with Crippen LogP contribution in [0.1, 0.15) is 12.5 Å². The molecule has 26 heavy (non-hydrogen) atoms. The number of benzene rings is 2. The molecule has 0 radical (unpaired) electrons. The first-order valence-electron chi connectivity index (χ1n) is 7.64. The summed E-state index contributed by atoms with van der Waals surface area (Å²) in [6.07, 6.45) is 0. The van der Waals surface area contributed by atoms with E-state index < -0.39 is 27.3 Å². The lowest BCUT2D eigenvalue weighted by atomic mass is 10.1. The quantitative estimate of drug-likeness (QED) is 0.349. The molecule has 0 aliphatic rings. The molecular formula is C18H17F3O3S2. The highest BCUT2D eigenvalue weighted by Gasteiger charge is 2.52. The molecule has 0 spiro atoms. The van der Waals surface area contributed by atoms with E-state index in [0.29, 0.717) is 10.6 Å². The molecule has 0 saturated carbocycles. The van der Waals surface area contributed by atoms with Crippen LogP contribution in [-0.4, -0.2) is 25.2 Å². The number of methoxy groups -OCH3 is 1. The van der Waals surface area contributed by atoms with Gasteiger partial charge in [0, 0.05) is 0 Å². The number of hydrogen-bond acceptors (Lipinski definition) is 5. The number of carbonyl (C=O) groups excluding carboxylic acids is 1. The Morgan fingerprint density at radius 3 is 2.23 bits per heavy atom. The monoisotopic (exact) mass is 402 g/mol. The Morgan fingerprint density at radius 1 is 1.04 bits per heavy atom. The number of esters is 1. The normalized spacial score (nSPS) is 13.7. The van der Waals surface area contributed by atoms with Gasteiger partial charge in [-0.05, 0) is 36.4 Å². The standard InChI is InChI=1S/C18H17F3O3S2/c1-3-24-16(22)17(26-18(19,20)21,13-9-5-4-6-10-13)25-15-12-8-7-11-14(15)23-2/h4-12H,3H2,1-2H3. The largest absolute Gasteiger partial charge is 0.496 e. The second kappa shape index (κ2) is 8.73. The van der Waals surface area contributed by atoms with E-state index in [9.17, 15) is 18.0 Å². The molecule has 0 saturated heterocycles. The minimum atomic E-state index is -4.66. The van der Waals surface area contributed by atoms with Crippen LogP contribution in [0.3, 0.4) is 0 Å². The van der Waals surface area contributed by atoms with Gasteiger partial charge in [0.2, 0.25) is 0 Å². The third-order valence-electron chi connectivity index (χ3n) is 3.28. The second-order valence-corrected chi connectivity index (χ2v) is 7.80. The van der Waals surface area contributed by atoms with E-state index >= 15 is 0 Å². The highest BCUT2D eigenvalue weighted by molar-refractivity contribution is 8.19. The first kappa shape index (κ1) is 20.5. The number of para-hydroxylation sites is 1. The van der Waals surface area contributed by atoms with Crippen molar-refractivity contribution < 1.29 is 27.4 Å². The van der Waals surface area contributed by atoms with Crippen molar-refractivity contribution >= 4 is 29.5 Å². The van der Waals surface area contributed by atoms with Gasteiger partial charge in [0.05, 0.1) is 18.6 Å². The molecule has 0 amide bonds. The topological polar surface area (TPSA) is 35.5 Å². The van der Waals surface area contributed by atoms with Gasteiger partial charge in [-0.2, -0.15) is 13.2 Å². The van der Waals surface area contributed by atoms with Gasteiger partial charge >= 0.3 is 11.5 Å². The highest BCUT2D eigenvalue weighted by atomic mass is 32.2. The average Bonchev–Trinajstić information content (AvgIpc) is 2.61. The summed E-state index contributed by atoms with van der Waals surface area (Å²) in [4.78, 5) is 13.1. The average molecular weight is 402 g/mol. The molecule has 0 bridgehead atoms. The van der Waals surface area contributed by atoms with E-state index in [-0.39, 0.29) is 12.2 Å². The third kappa shape index (κ3) is 4.88. The maximum Gasteiger partial charge on any atom is 0.444 e. The molecular weight excluding hydrogens is 385 g/mol. The number of rotatable bonds is 7. The van der Waals surface area contributed by atoms with Crippen LogP contribution in [0.2, 0.25) is 0 Å². The SMILES string of the molecule is CCOC(=O)C(Sc1ccccc1OC)(SC(F)(F)F)c1ccccc1. The molecule has 2 rings (SSSR count). The van der Waals surface area contributed by atoms with E-state index in [1.54, 1.807) is 49.4 Å². The summed E-state index contributed by atoms with van der Waals surface area (Å²) in [5.41, 5.74) is -4.46. The van der Waals surface area contributed by atoms with E-state index in [2.05, 4.69) is 0 Å². The molecule has 1 atom stereocenters. The molecule has 0 N–H and O–H groups in total. The molecule has 8 heteroatoms. The van der Waals surface area contributed by atoms with Crippen LogP contribution in [0.25, 0.3) is 0 Å². The van der Waals surface area contributed by atoms with E-state index in [1.807, 2.05) is 0 Å². The van der Waals surface area contributed by atoms with Crippen molar-refractivity contribution in [3.63, 3.8) is 0 Å². The molecule has 1 unspecified atom stereocenters. The summed E-state index contributed by atoms with van der Waals surface area (Å²) in [5.74, 6) is -0.589. The summed E-state index contributed by atoms with van der Waals surface area (Å²) < 4.78 is 48.5. The number of thioether (sulfide) groups is 2. The lowest BCUT2D eigenvalue weighted by molar-refractivity contribution is -0.144. The van der Waals surface area contributed by atoms with Gasteiger partial charge in [-0.25, -0.2) is 4.79 Å². The lowest BCUT2D eigenvalue weighted by Gasteiger charge is -2.31. The lowest BCUT2D eigenvalue weighted by Crippen LogP contribution is -2.34. The third-order valence-corrected chi connectivity index (χ3v) is 5.95. The van der Waals surface area contributed by atoms with Crippen LogP contribution in [-0.2, 0) is 13.6 Å². The first-order chi connectivity index (χ1) is 12.3. The van der Waals surface area contributed by atoms with Crippen LogP contribution in [0, 0.1) is 0 Å². The van der Waals surface area contributed by atoms with Gasteiger partial charge in [-0.15, -0.1) is 0 Å². The number of alkyl halides is 3. The molecule has 140 valence electrons. The van der Waals surface area contributed by atoms with Crippen molar-refractivity contribution in [2.75, 3.05) is 13.7 Å². The van der Waals surface area contributed by atoms with E-state index in [1.165, 1.54) is 19.2 Å². The summed E-state index contributed by atoms with van der Waals surface area (Å²) in [6, 6.07) is 14.4. The van der Waals surface area contributed by atoms with Gasteiger partial charge in [-0.3, -0.25) is 0 Å². The van der Waals surface area contributed by atoms with Crippen molar-refractivity contribution in [3.8, 4) is 5.75 Å². The van der Waals surface area contributed by atoms with E-state index in [4.69, 9.17) is 9.47 Å².